The van der Waals surface area contributed by atoms with Crippen LogP contribution in [0.25, 0.3) is 0 Å². The number of hydrogen-bond acceptors (Lipinski definition) is 4. The third-order valence-electron chi connectivity index (χ3n) is 4.00. The van der Waals surface area contributed by atoms with E-state index in [0.29, 0.717) is 12.5 Å². The van der Waals surface area contributed by atoms with Crippen molar-refractivity contribution >= 4 is 17.2 Å². The Balaban J connectivity index is 1.90. The van der Waals surface area contributed by atoms with Crippen LogP contribution in [0.5, 0.6) is 0 Å². The van der Waals surface area contributed by atoms with E-state index in [1.165, 1.54) is 0 Å². The van der Waals surface area contributed by atoms with Gasteiger partial charge in [0.1, 0.15) is 0 Å². The van der Waals surface area contributed by atoms with Gasteiger partial charge in [-0.05, 0) is 38.8 Å². The third kappa shape index (κ3) is 3.54. The fourth-order valence-electron chi connectivity index (χ4n) is 2.54. The van der Waals surface area contributed by atoms with Crippen LogP contribution in [0.1, 0.15) is 37.4 Å². The number of hydrogen-bond donors (Lipinski definition) is 2. The maximum Gasteiger partial charge on any atom is 0.226 e. The summed E-state index contributed by atoms with van der Waals surface area (Å²) >= 11 is 1.62. The predicted octanol–water partition coefficient (Wildman–Crippen LogP) is 2.09. The molecule has 106 valence electrons. The molecule has 1 fully saturated rings. The lowest BCUT2D eigenvalue weighted by Crippen LogP contribution is -2.47. The van der Waals surface area contributed by atoms with Crippen LogP contribution in [-0.2, 0) is 11.3 Å². The molecule has 1 amide bonds. The highest BCUT2D eigenvalue weighted by molar-refractivity contribution is 7.09. The number of aromatic nitrogens is 1. The van der Waals surface area contributed by atoms with Crippen molar-refractivity contribution < 1.29 is 4.79 Å². The van der Waals surface area contributed by atoms with E-state index >= 15 is 0 Å². The van der Waals surface area contributed by atoms with Crippen LogP contribution in [-0.4, -0.2) is 24.0 Å². The molecule has 2 N–H and O–H groups in total. The van der Waals surface area contributed by atoms with Crippen LogP contribution in [0.3, 0.4) is 0 Å². The second kappa shape index (κ2) is 6.01. The van der Waals surface area contributed by atoms with Crippen molar-refractivity contribution in [2.75, 3.05) is 13.1 Å². The van der Waals surface area contributed by atoms with Gasteiger partial charge in [0, 0.05) is 10.8 Å². The van der Waals surface area contributed by atoms with Crippen LogP contribution < -0.4 is 10.6 Å². The van der Waals surface area contributed by atoms with Crippen molar-refractivity contribution in [3.05, 3.63) is 16.1 Å². The van der Waals surface area contributed by atoms with E-state index in [4.69, 9.17) is 0 Å². The van der Waals surface area contributed by atoms with Gasteiger partial charge in [-0.2, -0.15) is 0 Å². The zero-order chi connectivity index (χ0) is 13.9. The second-order valence-corrected chi connectivity index (χ2v) is 6.87. The molecule has 1 unspecified atom stereocenters. The van der Waals surface area contributed by atoms with Crippen molar-refractivity contribution in [2.24, 2.45) is 11.3 Å². The largest absolute Gasteiger partial charge is 0.350 e. The summed E-state index contributed by atoms with van der Waals surface area (Å²) in [6.45, 7) is 8.63. The van der Waals surface area contributed by atoms with Gasteiger partial charge in [-0.25, -0.2) is 4.98 Å². The minimum Gasteiger partial charge on any atom is -0.350 e. The Labute approximate surface area is 119 Å². The molecule has 1 saturated heterocycles. The minimum atomic E-state index is -0.321. The molecule has 0 bridgehead atoms. The number of nitrogens with one attached hydrogen (secondary N) is 2. The molecule has 0 aliphatic carbocycles. The quantitative estimate of drug-likeness (QED) is 0.888. The first-order valence-corrected chi connectivity index (χ1v) is 7.78. The van der Waals surface area contributed by atoms with E-state index in [1.807, 2.05) is 26.2 Å². The third-order valence-corrected chi connectivity index (χ3v) is 4.82. The molecule has 1 atom stereocenters. The molecule has 0 aromatic carbocycles. The molecule has 1 aliphatic heterocycles. The zero-order valence-electron chi connectivity index (χ0n) is 12.0. The molecule has 0 radical (unpaired) electrons. The van der Waals surface area contributed by atoms with Gasteiger partial charge in [-0.1, -0.05) is 13.8 Å². The molecule has 2 rings (SSSR count). The minimum absolute atomic E-state index is 0.131. The number of rotatable bonds is 4. The van der Waals surface area contributed by atoms with Gasteiger partial charge in [0.05, 0.1) is 17.2 Å². The van der Waals surface area contributed by atoms with E-state index in [-0.39, 0.29) is 11.3 Å². The zero-order valence-corrected chi connectivity index (χ0v) is 12.8. The molecule has 1 aromatic rings. The lowest BCUT2D eigenvalue weighted by atomic mass is 9.74. The fraction of sp³-hybridized carbons (Fsp3) is 0.714. The molecule has 1 aliphatic rings. The van der Waals surface area contributed by atoms with Crippen LogP contribution in [0.2, 0.25) is 0 Å². The standard InChI is InChI=1S/C14H23N3OS/c1-10-17-12(9-19-10)8-16-13(18)14(2,3)11-5-4-6-15-7-11/h9,11,15H,4-8H2,1-3H3,(H,16,18). The van der Waals surface area contributed by atoms with Crippen molar-refractivity contribution in [1.82, 2.24) is 15.6 Å². The number of piperidine rings is 1. The summed E-state index contributed by atoms with van der Waals surface area (Å²) in [5.41, 5.74) is 0.631. The van der Waals surface area contributed by atoms with E-state index in [0.717, 1.165) is 36.6 Å². The van der Waals surface area contributed by atoms with Gasteiger partial charge in [0.2, 0.25) is 5.91 Å². The summed E-state index contributed by atoms with van der Waals surface area (Å²) < 4.78 is 0. The number of carbonyl (C=O) groups is 1. The first-order chi connectivity index (χ1) is 9.00. The van der Waals surface area contributed by atoms with E-state index in [9.17, 15) is 4.79 Å². The Morgan fingerprint density at radius 3 is 3.00 bits per heavy atom. The highest BCUT2D eigenvalue weighted by Gasteiger charge is 2.37. The Kier molecular flexibility index (Phi) is 4.58. The molecule has 0 saturated carbocycles. The average Bonchev–Trinajstić information content (AvgIpc) is 2.82. The summed E-state index contributed by atoms with van der Waals surface area (Å²) in [5, 5.41) is 9.46. The number of carbonyl (C=O) groups excluding carboxylic acids is 1. The predicted molar refractivity (Wildman–Crippen MR) is 78.1 cm³/mol. The highest BCUT2D eigenvalue weighted by Crippen LogP contribution is 2.31. The van der Waals surface area contributed by atoms with Crippen molar-refractivity contribution in [3.8, 4) is 0 Å². The summed E-state index contributed by atoms with van der Waals surface area (Å²) in [6, 6.07) is 0. The van der Waals surface area contributed by atoms with Crippen molar-refractivity contribution in [1.29, 1.82) is 0 Å². The Morgan fingerprint density at radius 2 is 2.42 bits per heavy atom. The van der Waals surface area contributed by atoms with Gasteiger partial charge < -0.3 is 10.6 Å². The SMILES string of the molecule is Cc1nc(CNC(=O)C(C)(C)C2CCCNC2)cs1. The Morgan fingerprint density at radius 1 is 1.63 bits per heavy atom. The molecule has 2 heterocycles. The van der Waals surface area contributed by atoms with Gasteiger partial charge in [0.25, 0.3) is 0 Å². The Hall–Kier alpha value is -0.940. The normalized spacial score (nSPS) is 20.3. The monoisotopic (exact) mass is 281 g/mol. The molecule has 5 heteroatoms. The summed E-state index contributed by atoms with van der Waals surface area (Å²) in [7, 11) is 0. The molecule has 1 aromatic heterocycles. The summed E-state index contributed by atoms with van der Waals surface area (Å²) in [5.74, 6) is 0.547. The number of thiazole rings is 1. The van der Waals surface area contributed by atoms with E-state index in [2.05, 4.69) is 15.6 Å². The highest BCUT2D eigenvalue weighted by atomic mass is 32.1. The second-order valence-electron chi connectivity index (χ2n) is 5.81. The molecule has 4 nitrogen and oxygen atoms in total. The topological polar surface area (TPSA) is 54.0 Å². The van der Waals surface area contributed by atoms with Crippen molar-refractivity contribution in [3.63, 3.8) is 0 Å². The number of nitrogens with zero attached hydrogens (tertiary/aromatic N) is 1. The first kappa shape index (κ1) is 14.5. The maximum atomic E-state index is 12.4. The molecule has 0 spiro atoms. The van der Waals surface area contributed by atoms with Gasteiger partial charge in [0.15, 0.2) is 0 Å². The lowest BCUT2D eigenvalue weighted by Gasteiger charge is -2.35. The smallest absolute Gasteiger partial charge is 0.226 e. The molecular weight excluding hydrogens is 258 g/mol. The first-order valence-electron chi connectivity index (χ1n) is 6.90. The number of amides is 1. The van der Waals surface area contributed by atoms with Crippen LogP contribution in [0.15, 0.2) is 5.38 Å². The summed E-state index contributed by atoms with van der Waals surface area (Å²) in [6.07, 6.45) is 2.29. The average molecular weight is 281 g/mol. The van der Waals surface area contributed by atoms with Gasteiger partial charge in [-0.3, -0.25) is 4.79 Å². The van der Waals surface area contributed by atoms with E-state index in [1.54, 1.807) is 11.3 Å². The lowest BCUT2D eigenvalue weighted by molar-refractivity contribution is -0.132. The van der Waals surface area contributed by atoms with Crippen molar-refractivity contribution in [2.45, 2.75) is 40.2 Å². The van der Waals surface area contributed by atoms with Crippen LogP contribution in [0, 0.1) is 18.3 Å². The number of aryl methyl sites for hydroxylation is 1. The van der Waals surface area contributed by atoms with Crippen LogP contribution >= 0.6 is 11.3 Å². The maximum absolute atomic E-state index is 12.4. The molecular formula is C14H23N3OS. The Bertz CT molecular complexity index is 436. The summed E-state index contributed by atoms with van der Waals surface area (Å²) in [4.78, 5) is 16.7. The van der Waals surface area contributed by atoms with Crippen LogP contribution in [0.4, 0.5) is 0 Å². The van der Waals surface area contributed by atoms with Gasteiger partial charge >= 0.3 is 0 Å². The van der Waals surface area contributed by atoms with Gasteiger partial charge in [-0.15, -0.1) is 11.3 Å². The molecule has 19 heavy (non-hydrogen) atoms. The fourth-order valence-corrected chi connectivity index (χ4v) is 3.15. The van der Waals surface area contributed by atoms with E-state index < -0.39 is 0 Å².